The van der Waals surface area contributed by atoms with Crippen molar-refractivity contribution < 1.29 is 14.3 Å². The van der Waals surface area contributed by atoms with Crippen LogP contribution >= 0.6 is 0 Å². The lowest BCUT2D eigenvalue weighted by atomic mass is 9.87. The van der Waals surface area contributed by atoms with Gasteiger partial charge >= 0.3 is 0 Å². The van der Waals surface area contributed by atoms with Crippen molar-refractivity contribution in [3.05, 3.63) is 52.9 Å². The van der Waals surface area contributed by atoms with E-state index in [0.717, 1.165) is 11.3 Å². The molecule has 2 aliphatic carbocycles. The SMILES string of the molecule is O=C1C(=O)c2ccccc2C2=C1CC(Cn1cc(C3CCCCC3)nn1)O2. The highest BCUT2D eigenvalue weighted by atomic mass is 16.5. The van der Waals surface area contributed by atoms with Gasteiger partial charge in [0.15, 0.2) is 0 Å². The Morgan fingerprint density at radius 3 is 2.63 bits per heavy atom. The summed E-state index contributed by atoms with van der Waals surface area (Å²) in [4.78, 5) is 24.8. The molecule has 2 aromatic rings. The van der Waals surface area contributed by atoms with Crippen LogP contribution in [0, 0.1) is 0 Å². The van der Waals surface area contributed by atoms with Gasteiger partial charge in [0, 0.05) is 29.7 Å². The van der Waals surface area contributed by atoms with E-state index in [9.17, 15) is 9.59 Å². The van der Waals surface area contributed by atoms with Crippen LogP contribution in [0.3, 0.4) is 0 Å². The van der Waals surface area contributed by atoms with Crippen molar-refractivity contribution in [2.24, 2.45) is 0 Å². The van der Waals surface area contributed by atoms with E-state index in [1.54, 1.807) is 12.1 Å². The Morgan fingerprint density at radius 2 is 1.81 bits per heavy atom. The molecule has 1 fully saturated rings. The fourth-order valence-electron chi connectivity index (χ4n) is 4.46. The van der Waals surface area contributed by atoms with Crippen LogP contribution in [0.1, 0.15) is 66.1 Å². The van der Waals surface area contributed by atoms with Gasteiger partial charge in [-0.25, -0.2) is 4.68 Å². The quantitative estimate of drug-likeness (QED) is 0.782. The second-order valence-electron chi connectivity index (χ2n) is 7.66. The second kappa shape index (κ2) is 6.44. The maximum absolute atomic E-state index is 12.5. The highest BCUT2D eigenvalue weighted by Gasteiger charge is 2.40. The predicted octanol–water partition coefficient (Wildman–Crippen LogP) is 3.29. The summed E-state index contributed by atoms with van der Waals surface area (Å²) in [5.74, 6) is 0.198. The minimum atomic E-state index is -0.437. The maximum Gasteiger partial charge on any atom is 0.234 e. The number of fused-ring (bicyclic) bond motifs is 2. The summed E-state index contributed by atoms with van der Waals surface area (Å²) in [7, 11) is 0. The van der Waals surface area contributed by atoms with Gasteiger partial charge in [0.2, 0.25) is 11.6 Å². The number of benzene rings is 1. The summed E-state index contributed by atoms with van der Waals surface area (Å²) in [5, 5.41) is 8.63. The van der Waals surface area contributed by atoms with Gasteiger partial charge in [-0.2, -0.15) is 0 Å². The predicted molar refractivity (Wildman–Crippen MR) is 98.0 cm³/mol. The smallest absolute Gasteiger partial charge is 0.234 e. The third kappa shape index (κ3) is 2.80. The van der Waals surface area contributed by atoms with Gasteiger partial charge in [-0.05, 0) is 12.8 Å². The number of hydrogen-bond acceptors (Lipinski definition) is 5. The third-order valence-corrected chi connectivity index (χ3v) is 5.86. The number of ketones is 2. The number of rotatable bonds is 3. The van der Waals surface area contributed by atoms with Crippen LogP contribution in [-0.4, -0.2) is 32.7 Å². The number of carbonyl (C=O) groups excluding carboxylic acids is 2. The van der Waals surface area contributed by atoms with Crippen molar-refractivity contribution in [2.45, 2.75) is 57.1 Å². The van der Waals surface area contributed by atoms with Gasteiger partial charge in [0.1, 0.15) is 11.9 Å². The topological polar surface area (TPSA) is 74.1 Å². The van der Waals surface area contributed by atoms with Crippen molar-refractivity contribution in [1.29, 1.82) is 0 Å². The molecule has 0 N–H and O–H groups in total. The summed E-state index contributed by atoms with van der Waals surface area (Å²) in [6, 6.07) is 7.15. The molecule has 3 aliphatic rings. The fourth-order valence-corrected chi connectivity index (χ4v) is 4.46. The van der Waals surface area contributed by atoms with Crippen LogP contribution in [0.2, 0.25) is 0 Å². The maximum atomic E-state index is 12.5. The monoisotopic (exact) mass is 363 g/mol. The molecule has 0 amide bonds. The van der Waals surface area contributed by atoms with Crippen molar-refractivity contribution >= 4 is 17.3 Å². The first kappa shape index (κ1) is 16.4. The summed E-state index contributed by atoms with van der Waals surface area (Å²) in [5.41, 5.74) is 2.71. The highest BCUT2D eigenvalue weighted by Crippen LogP contribution is 2.39. The summed E-state index contributed by atoms with van der Waals surface area (Å²) in [6.45, 7) is 0.524. The summed E-state index contributed by atoms with van der Waals surface area (Å²) >= 11 is 0. The molecular weight excluding hydrogens is 342 g/mol. The minimum Gasteiger partial charge on any atom is -0.487 e. The first-order chi connectivity index (χ1) is 13.2. The highest BCUT2D eigenvalue weighted by molar-refractivity contribution is 6.52. The molecular formula is C21H21N3O3. The number of Topliss-reactive ketones (excluding diaryl/α,β-unsaturated/α-hetero) is 2. The van der Waals surface area contributed by atoms with Gasteiger partial charge in [-0.1, -0.05) is 48.7 Å². The van der Waals surface area contributed by atoms with Gasteiger partial charge in [0.05, 0.1) is 17.8 Å². The summed E-state index contributed by atoms with van der Waals surface area (Å²) in [6.07, 6.45) is 8.43. The molecule has 0 saturated heterocycles. The van der Waals surface area contributed by atoms with E-state index in [0.29, 0.717) is 35.8 Å². The normalized spacial score (nSPS) is 22.6. The van der Waals surface area contributed by atoms with Gasteiger partial charge < -0.3 is 4.74 Å². The Bertz CT molecular complexity index is 953. The van der Waals surface area contributed by atoms with Crippen LogP contribution in [0.15, 0.2) is 36.0 Å². The molecule has 0 radical (unpaired) electrons. The van der Waals surface area contributed by atoms with Crippen LogP contribution in [0.4, 0.5) is 0 Å². The lowest BCUT2D eigenvalue weighted by Gasteiger charge is -2.18. The van der Waals surface area contributed by atoms with Crippen molar-refractivity contribution in [2.75, 3.05) is 0 Å². The zero-order valence-corrected chi connectivity index (χ0v) is 15.1. The van der Waals surface area contributed by atoms with E-state index in [2.05, 4.69) is 10.3 Å². The van der Waals surface area contributed by atoms with E-state index >= 15 is 0 Å². The minimum absolute atomic E-state index is 0.209. The zero-order valence-electron chi connectivity index (χ0n) is 15.1. The Hall–Kier alpha value is -2.76. The molecule has 138 valence electrons. The van der Waals surface area contributed by atoms with Gasteiger partial charge in [0.25, 0.3) is 0 Å². The van der Waals surface area contributed by atoms with E-state index in [4.69, 9.17) is 4.74 Å². The molecule has 1 saturated carbocycles. The Labute approximate surface area is 157 Å². The standard InChI is InChI=1S/C21H21N3O3/c25-19-15-8-4-5-9-16(15)21-17(20(19)26)10-14(27-21)11-24-12-18(22-23-24)13-6-2-1-3-7-13/h4-5,8-9,12-14H,1-3,6-7,10-11H2. The number of carbonyl (C=O) groups is 2. The second-order valence-corrected chi connectivity index (χ2v) is 7.66. The zero-order chi connectivity index (χ0) is 18.4. The van der Waals surface area contributed by atoms with E-state index in [1.807, 2.05) is 23.0 Å². The Balaban J connectivity index is 1.33. The molecule has 0 bridgehead atoms. The van der Waals surface area contributed by atoms with E-state index in [-0.39, 0.29) is 6.10 Å². The molecule has 1 aromatic heterocycles. The van der Waals surface area contributed by atoms with Crippen LogP contribution in [-0.2, 0) is 16.1 Å². The Kier molecular flexibility index (Phi) is 3.92. The molecule has 0 spiro atoms. The first-order valence-corrected chi connectivity index (χ1v) is 9.69. The van der Waals surface area contributed by atoms with Gasteiger partial charge in [-0.3, -0.25) is 9.59 Å². The van der Waals surface area contributed by atoms with E-state index in [1.165, 1.54) is 32.1 Å². The lowest BCUT2D eigenvalue weighted by molar-refractivity contribution is -0.112. The largest absolute Gasteiger partial charge is 0.487 e. The average molecular weight is 363 g/mol. The average Bonchev–Trinajstić information content (AvgIpc) is 3.35. The van der Waals surface area contributed by atoms with Crippen LogP contribution in [0.5, 0.6) is 0 Å². The summed E-state index contributed by atoms with van der Waals surface area (Å²) < 4.78 is 7.90. The fraction of sp³-hybridized carbons (Fsp3) is 0.429. The number of aromatic nitrogens is 3. The lowest BCUT2D eigenvalue weighted by Crippen LogP contribution is -2.22. The molecule has 1 unspecified atom stereocenters. The molecule has 27 heavy (non-hydrogen) atoms. The number of ether oxygens (including phenoxy) is 1. The Morgan fingerprint density at radius 1 is 1.04 bits per heavy atom. The van der Waals surface area contributed by atoms with Crippen molar-refractivity contribution in [3.63, 3.8) is 0 Å². The number of nitrogens with zero attached hydrogens (tertiary/aromatic N) is 3. The molecule has 2 heterocycles. The van der Waals surface area contributed by atoms with Crippen LogP contribution < -0.4 is 0 Å². The van der Waals surface area contributed by atoms with Gasteiger partial charge in [-0.15, -0.1) is 5.10 Å². The van der Waals surface area contributed by atoms with E-state index < -0.39 is 11.6 Å². The molecule has 1 aromatic carbocycles. The van der Waals surface area contributed by atoms with Crippen LogP contribution in [0.25, 0.3) is 5.76 Å². The van der Waals surface area contributed by atoms with Crippen molar-refractivity contribution in [1.82, 2.24) is 15.0 Å². The number of hydrogen-bond donors (Lipinski definition) is 0. The first-order valence-electron chi connectivity index (χ1n) is 9.69. The molecule has 1 aliphatic heterocycles. The molecule has 6 nitrogen and oxygen atoms in total. The third-order valence-electron chi connectivity index (χ3n) is 5.86. The molecule has 5 rings (SSSR count). The van der Waals surface area contributed by atoms with Crippen molar-refractivity contribution in [3.8, 4) is 0 Å². The molecule has 1 atom stereocenters. The molecule has 6 heteroatoms.